The maximum atomic E-state index is 12.4. The number of para-hydroxylation sites is 2. The lowest BCUT2D eigenvalue weighted by Gasteiger charge is -2.21. The summed E-state index contributed by atoms with van der Waals surface area (Å²) in [5.41, 5.74) is 9.89. The average Bonchev–Trinajstić information content (AvgIpc) is 2.90. The lowest BCUT2D eigenvalue weighted by atomic mass is 9.92. The van der Waals surface area contributed by atoms with Crippen LogP contribution < -0.4 is 16.7 Å². The molecule has 128 valence electrons. The van der Waals surface area contributed by atoms with Crippen molar-refractivity contribution in [2.75, 3.05) is 5.32 Å². The van der Waals surface area contributed by atoms with Crippen LogP contribution in [0.15, 0.2) is 41.3 Å². The van der Waals surface area contributed by atoms with Crippen molar-refractivity contribution in [3.05, 3.63) is 58.3 Å². The number of benzene rings is 1. The van der Waals surface area contributed by atoms with Crippen LogP contribution in [0, 0.1) is 0 Å². The Labute approximate surface area is 143 Å². The highest BCUT2D eigenvalue weighted by atomic mass is 16.2. The zero-order valence-electron chi connectivity index (χ0n) is 13.7. The van der Waals surface area contributed by atoms with Crippen molar-refractivity contribution in [1.29, 1.82) is 0 Å². The zero-order valence-corrected chi connectivity index (χ0v) is 13.7. The summed E-state index contributed by atoms with van der Waals surface area (Å²) in [6.07, 6.45) is 4.24. The van der Waals surface area contributed by atoms with Gasteiger partial charge in [0, 0.05) is 11.7 Å². The predicted molar refractivity (Wildman–Crippen MR) is 95.4 cm³/mol. The molecule has 0 aliphatic heterocycles. The van der Waals surface area contributed by atoms with Crippen molar-refractivity contribution in [1.82, 2.24) is 14.5 Å². The van der Waals surface area contributed by atoms with Crippen LogP contribution in [0.1, 0.15) is 17.7 Å². The van der Waals surface area contributed by atoms with Gasteiger partial charge in [0.2, 0.25) is 5.91 Å². The fourth-order valence-corrected chi connectivity index (χ4v) is 3.32. The molecule has 0 spiro atoms. The normalized spacial score (nSPS) is 16.6. The standard InChI is InChI=1S/C18H19N5O2/c19-12-5-6-14-11(7-12)8-13(9-20-14)21-17(24)10-23-16-4-2-1-3-15(16)22-18(23)25/h1-4,8-9,12H,5-7,10,19H2,(H,21,24)(H,22,25). The Kier molecular flexibility index (Phi) is 3.85. The molecule has 1 aromatic carbocycles. The molecule has 4 N–H and O–H groups in total. The molecule has 0 fully saturated rings. The number of aromatic amines is 1. The third-order valence-electron chi connectivity index (χ3n) is 4.56. The second kappa shape index (κ2) is 6.18. The van der Waals surface area contributed by atoms with Crippen LogP contribution in [0.2, 0.25) is 0 Å². The maximum Gasteiger partial charge on any atom is 0.326 e. The third kappa shape index (κ3) is 3.06. The molecule has 0 radical (unpaired) electrons. The molecule has 25 heavy (non-hydrogen) atoms. The van der Waals surface area contributed by atoms with Crippen LogP contribution in [0.3, 0.4) is 0 Å². The molecular formula is C18H19N5O2. The van der Waals surface area contributed by atoms with Crippen molar-refractivity contribution >= 4 is 22.6 Å². The first kappa shape index (κ1) is 15.6. The number of imidazole rings is 1. The number of nitrogens with two attached hydrogens (primary N) is 1. The molecule has 0 bridgehead atoms. The number of aromatic nitrogens is 3. The number of H-pyrrole nitrogens is 1. The van der Waals surface area contributed by atoms with Gasteiger partial charge in [-0.1, -0.05) is 12.1 Å². The largest absolute Gasteiger partial charge is 0.327 e. The van der Waals surface area contributed by atoms with E-state index in [4.69, 9.17) is 5.73 Å². The van der Waals surface area contributed by atoms with Gasteiger partial charge >= 0.3 is 5.69 Å². The highest BCUT2D eigenvalue weighted by molar-refractivity contribution is 5.91. The summed E-state index contributed by atoms with van der Waals surface area (Å²) in [5, 5.41) is 2.82. The molecule has 7 nitrogen and oxygen atoms in total. The molecule has 3 aromatic rings. The van der Waals surface area contributed by atoms with Gasteiger partial charge in [0.1, 0.15) is 6.54 Å². The number of carbonyl (C=O) groups excluding carboxylic acids is 1. The number of rotatable bonds is 3. The van der Waals surface area contributed by atoms with Crippen LogP contribution in [-0.2, 0) is 24.2 Å². The number of carbonyl (C=O) groups is 1. The van der Waals surface area contributed by atoms with E-state index in [1.54, 1.807) is 6.20 Å². The van der Waals surface area contributed by atoms with E-state index in [9.17, 15) is 9.59 Å². The molecule has 0 saturated carbocycles. The van der Waals surface area contributed by atoms with Crippen molar-refractivity contribution in [3.63, 3.8) is 0 Å². The van der Waals surface area contributed by atoms with Crippen molar-refractivity contribution in [2.24, 2.45) is 5.73 Å². The number of pyridine rings is 1. The summed E-state index contributed by atoms with van der Waals surface area (Å²) in [6, 6.07) is 9.36. The minimum atomic E-state index is -0.300. The average molecular weight is 337 g/mol. The van der Waals surface area contributed by atoms with E-state index in [1.165, 1.54) is 4.57 Å². The lowest BCUT2D eigenvalue weighted by Crippen LogP contribution is -2.29. The summed E-state index contributed by atoms with van der Waals surface area (Å²) < 4.78 is 1.42. The Morgan fingerprint density at radius 3 is 3.12 bits per heavy atom. The van der Waals surface area contributed by atoms with Crippen LogP contribution in [0.5, 0.6) is 0 Å². The minimum Gasteiger partial charge on any atom is -0.327 e. The first-order valence-electron chi connectivity index (χ1n) is 8.31. The summed E-state index contributed by atoms with van der Waals surface area (Å²) in [5.74, 6) is -0.270. The predicted octanol–water partition coefficient (Wildman–Crippen LogP) is 1.18. The van der Waals surface area contributed by atoms with Crippen LogP contribution in [0.4, 0.5) is 5.69 Å². The SMILES string of the molecule is NC1CCc2ncc(NC(=O)Cn3c(=O)[nH]c4ccccc43)cc2C1. The Balaban J connectivity index is 1.53. The number of amides is 1. The van der Waals surface area contributed by atoms with Crippen LogP contribution in [0.25, 0.3) is 11.0 Å². The number of nitrogens with one attached hydrogen (secondary N) is 2. The smallest absolute Gasteiger partial charge is 0.326 e. The Morgan fingerprint density at radius 1 is 1.40 bits per heavy atom. The molecule has 4 rings (SSSR count). The fourth-order valence-electron chi connectivity index (χ4n) is 3.32. The molecule has 7 heteroatoms. The second-order valence-electron chi connectivity index (χ2n) is 6.41. The molecule has 2 aromatic heterocycles. The first-order chi connectivity index (χ1) is 12.1. The van der Waals surface area contributed by atoms with Gasteiger partial charge in [-0.05, 0) is 43.0 Å². The maximum absolute atomic E-state index is 12.4. The summed E-state index contributed by atoms with van der Waals surface area (Å²) in [4.78, 5) is 31.6. The van der Waals surface area contributed by atoms with Gasteiger partial charge in [0.15, 0.2) is 0 Å². The number of hydrogen-bond acceptors (Lipinski definition) is 4. The van der Waals surface area contributed by atoms with Gasteiger partial charge in [0.25, 0.3) is 0 Å². The number of hydrogen-bond donors (Lipinski definition) is 3. The molecular weight excluding hydrogens is 318 g/mol. The number of aryl methyl sites for hydroxylation is 1. The molecule has 0 saturated heterocycles. The van der Waals surface area contributed by atoms with Gasteiger partial charge in [-0.2, -0.15) is 0 Å². The number of anilines is 1. The highest BCUT2D eigenvalue weighted by Crippen LogP contribution is 2.21. The molecule has 1 amide bonds. The highest BCUT2D eigenvalue weighted by Gasteiger charge is 2.17. The van der Waals surface area contributed by atoms with Gasteiger partial charge < -0.3 is 16.0 Å². The van der Waals surface area contributed by atoms with Crippen molar-refractivity contribution in [2.45, 2.75) is 31.8 Å². The molecule has 1 aliphatic carbocycles. The van der Waals surface area contributed by atoms with E-state index in [0.29, 0.717) is 16.7 Å². The van der Waals surface area contributed by atoms with E-state index in [1.807, 2.05) is 30.3 Å². The van der Waals surface area contributed by atoms with E-state index in [0.717, 1.165) is 30.5 Å². The summed E-state index contributed by atoms with van der Waals surface area (Å²) in [7, 11) is 0. The topological polar surface area (TPSA) is 106 Å². The fraction of sp³-hybridized carbons (Fsp3) is 0.278. The Morgan fingerprint density at radius 2 is 2.24 bits per heavy atom. The molecule has 1 unspecified atom stereocenters. The molecule has 1 aliphatic rings. The van der Waals surface area contributed by atoms with E-state index >= 15 is 0 Å². The van der Waals surface area contributed by atoms with Crippen LogP contribution in [-0.4, -0.2) is 26.5 Å². The van der Waals surface area contributed by atoms with Gasteiger partial charge in [-0.3, -0.25) is 14.3 Å². The van der Waals surface area contributed by atoms with Crippen LogP contribution >= 0.6 is 0 Å². The van der Waals surface area contributed by atoms with E-state index < -0.39 is 0 Å². The third-order valence-corrected chi connectivity index (χ3v) is 4.56. The van der Waals surface area contributed by atoms with E-state index in [2.05, 4.69) is 15.3 Å². The summed E-state index contributed by atoms with van der Waals surface area (Å²) in [6.45, 7) is -0.0561. The van der Waals surface area contributed by atoms with Gasteiger partial charge in [-0.15, -0.1) is 0 Å². The quantitative estimate of drug-likeness (QED) is 0.667. The van der Waals surface area contributed by atoms with Gasteiger partial charge in [-0.25, -0.2) is 4.79 Å². The van der Waals surface area contributed by atoms with Gasteiger partial charge in [0.05, 0.1) is 22.9 Å². The lowest BCUT2D eigenvalue weighted by molar-refractivity contribution is -0.116. The summed E-state index contributed by atoms with van der Waals surface area (Å²) >= 11 is 0. The molecule has 1 atom stereocenters. The van der Waals surface area contributed by atoms with Crippen molar-refractivity contribution < 1.29 is 4.79 Å². The minimum absolute atomic E-state index is 0.0561. The second-order valence-corrected chi connectivity index (χ2v) is 6.41. The first-order valence-corrected chi connectivity index (χ1v) is 8.31. The van der Waals surface area contributed by atoms with E-state index in [-0.39, 0.29) is 24.2 Å². The monoisotopic (exact) mass is 337 g/mol. The van der Waals surface area contributed by atoms with Crippen molar-refractivity contribution in [3.8, 4) is 0 Å². The number of fused-ring (bicyclic) bond motifs is 2. The molecule has 2 heterocycles. The Hall–Kier alpha value is -2.93. The zero-order chi connectivity index (χ0) is 17.4. The number of nitrogens with zero attached hydrogens (tertiary/aromatic N) is 2. The Bertz CT molecular complexity index is 1000.